The van der Waals surface area contributed by atoms with E-state index in [1.807, 2.05) is 0 Å². The van der Waals surface area contributed by atoms with E-state index in [-0.39, 0.29) is 40.3 Å². The van der Waals surface area contributed by atoms with Crippen LogP contribution in [0.5, 0.6) is 11.5 Å². The predicted molar refractivity (Wildman–Crippen MR) is 127 cm³/mol. The Kier molecular flexibility index (Phi) is 5.21. The molecule has 1 aliphatic carbocycles. The van der Waals surface area contributed by atoms with Gasteiger partial charge in [-0.15, -0.1) is 0 Å². The quantitative estimate of drug-likeness (QED) is 0.395. The van der Waals surface area contributed by atoms with Crippen LogP contribution >= 0.6 is 0 Å². The second-order valence-electron chi connectivity index (χ2n) is 9.04. The first-order chi connectivity index (χ1) is 18.6. The van der Waals surface area contributed by atoms with Crippen LogP contribution in [0.1, 0.15) is 41.4 Å². The summed E-state index contributed by atoms with van der Waals surface area (Å²) >= 11 is 0. The molecule has 192 valence electrons. The van der Waals surface area contributed by atoms with Gasteiger partial charge < -0.3 is 4.74 Å². The molecule has 12 nitrogen and oxygen atoms in total. The lowest BCUT2D eigenvalue weighted by Crippen LogP contribution is -2.43. The standard InChI is InChI=1S/C27H15N3O9/c31-20-5-6-21(32)28(20)11-19-24(35)15-3-1-13(9-17(15)25(19)36)39-14-2-4-16-18(10-14)27(38)30(26(16)37)12-29-22(33)7-8-23(29)34/h1-10,19H,11-12H2. The van der Waals surface area contributed by atoms with Crippen molar-refractivity contribution in [2.75, 3.05) is 13.2 Å². The molecule has 3 heterocycles. The zero-order valence-corrected chi connectivity index (χ0v) is 19.8. The Morgan fingerprint density at radius 2 is 1.03 bits per heavy atom. The van der Waals surface area contributed by atoms with Gasteiger partial charge in [-0.2, -0.15) is 0 Å². The van der Waals surface area contributed by atoms with Crippen molar-refractivity contribution in [3.8, 4) is 11.5 Å². The Bertz CT molecular complexity index is 1510. The highest BCUT2D eigenvalue weighted by molar-refractivity contribution is 6.27. The van der Waals surface area contributed by atoms with E-state index in [2.05, 4.69) is 0 Å². The molecule has 0 radical (unpaired) electrons. The molecule has 6 amide bonds. The highest BCUT2D eigenvalue weighted by Gasteiger charge is 2.42. The van der Waals surface area contributed by atoms with E-state index >= 15 is 0 Å². The van der Waals surface area contributed by atoms with Crippen LogP contribution in [0.15, 0.2) is 60.7 Å². The van der Waals surface area contributed by atoms with Crippen molar-refractivity contribution in [1.82, 2.24) is 14.7 Å². The van der Waals surface area contributed by atoms with E-state index in [0.29, 0.717) is 0 Å². The van der Waals surface area contributed by atoms with Crippen LogP contribution in [0.2, 0.25) is 0 Å². The molecule has 12 heteroatoms. The largest absolute Gasteiger partial charge is 0.457 e. The summed E-state index contributed by atoms with van der Waals surface area (Å²) in [5, 5.41) is 0. The van der Waals surface area contributed by atoms with Crippen molar-refractivity contribution < 1.29 is 43.1 Å². The molecule has 0 N–H and O–H groups in total. The highest BCUT2D eigenvalue weighted by Crippen LogP contribution is 2.34. The van der Waals surface area contributed by atoms with Gasteiger partial charge in [0.1, 0.15) is 24.1 Å². The molecule has 1 unspecified atom stereocenters. The number of fused-ring (bicyclic) bond motifs is 2. The van der Waals surface area contributed by atoms with Gasteiger partial charge in [-0.3, -0.25) is 53.1 Å². The summed E-state index contributed by atoms with van der Waals surface area (Å²) in [5.74, 6) is -5.83. The SMILES string of the molecule is O=C1c2ccc(Oc3ccc4c(c3)C(=O)N(CN3C(=O)C=CC3=O)C4=O)cc2C(=O)C1CN1C(=O)C=CC1=O. The minimum absolute atomic E-state index is 0.00518. The molecule has 0 saturated carbocycles. The van der Waals surface area contributed by atoms with Gasteiger partial charge in [0.25, 0.3) is 35.4 Å². The second-order valence-corrected chi connectivity index (χ2v) is 9.04. The molecule has 6 rings (SSSR count). The van der Waals surface area contributed by atoms with Crippen LogP contribution in [0.25, 0.3) is 0 Å². The number of imide groups is 3. The fourth-order valence-electron chi connectivity index (χ4n) is 4.77. The normalized spacial score (nSPS) is 19.8. The maximum Gasteiger partial charge on any atom is 0.263 e. The number of hydrogen-bond donors (Lipinski definition) is 0. The van der Waals surface area contributed by atoms with Crippen molar-refractivity contribution >= 4 is 47.0 Å². The predicted octanol–water partition coefficient (Wildman–Crippen LogP) is 0.878. The summed E-state index contributed by atoms with van der Waals surface area (Å²) in [6, 6.07) is 8.32. The second kappa shape index (κ2) is 8.52. The van der Waals surface area contributed by atoms with E-state index in [1.165, 1.54) is 36.4 Å². The van der Waals surface area contributed by atoms with Crippen molar-refractivity contribution in [3.63, 3.8) is 0 Å². The third-order valence-electron chi connectivity index (χ3n) is 6.78. The third kappa shape index (κ3) is 3.69. The van der Waals surface area contributed by atoms with E-state index < -0.39 is 59.6 Å². The Hall–Kier alpha value is -5.52. The van der Waals surface area contributed by atoms with E-state index in [4.69, 9.17) is 4.74 Å². The minimum Gasteiger partial charge on any atom is -0.457 e. The zero-order valence-electron chi connectivity index (χ0n) is 19.8. The van der Waals surface area contributed by atoms with Gasteiger partial charge in [-0.1, -0.05) is 0 Å². The molecule has 2 aromatic carbocycles. The number of carbonyl (C=O) groups excluding carboxylic acids is 8. The number of Topliss-reactive ketones (excluding diaryl/α,β-unsaturated/α-hetero) is 2. The Morgan fingerprint density at radius 1 is 0.538 bits per heavy atom. The molecular weight excluding hydrogens is 510 g/mol. The fourth-order valence-corrected chi connectivity index (χ4v) is 4.77. The lowest BCUT2D eigenvalue weighted by molar-refractivity contribution is -0.139. The third-order valence-corrected chi connectivity index (χ3v) is 6.78. The number of hydrogen-bond acceptors (Lipinski definition) is 9. The van der Waals surface area contributed by atoms with Gasteiger partial charge in [-0.25, -0.2) is 0 Å². The van der Waals surface area contributed by atoms with E-state index in [0.717, 1.165) is 39.0 Å². The molecule has 39 heavy (non-hydrogen) atoms. The molecule has 0 fully saturated rings. The van der Waals surface area contributed by atoms with Gasteiger partial charge in [0, 0.05) is 42.0 Å². The first-order valence-electron chi connectivity index (χ1n) is 11.6. The first-order valence-corrected chi connectivity index (χ1v) is 11.6. The summed E-state index contributed by atoms with van der Waals surface area (Å²) in [4.78, 5) is 101. The molecule has 0 bridgehead atoms. The van der Waals surface area contributed by atoms with Gasteiger partial charge >= 0.3 is 0 Å². The minimum atomic E-state index is -1.22. The topological polar surface area (TPSA) is 156 Å². The number of rotatable bonds is 6. The summed E-state index contributed by atoms with van der Waals surface area (Å²) in [5.41, 5.74) is 0.278. The lowest BCUT2D eigenvalue weighted by Gasteiger charge is -2.20. The number of ether oxygens (including phenoxy) is 1. The van der Waals surface area contributed by atoms with Gasteiger partial charge in [-0.05, 0) is 36.4 Å². The zero-order chi connectivity index (χ0) is 27.6. The number of amides is 6. The monoisotopic (exact) mass is 525 g/mol. The van der Waals surface area contributed by atoms with Crippen LogP contribution in [-0.4, -0.2) is 74.9 Å². The molecule has 3 aliphatic heterocycles. The average molecular weight is 525 g/mol. The number of carbonyl (C=O) groups is 8. The molecular formula is C27H15N3O9. The van der Waals surface area contributed by atoms with E-state index in [9.17, 15) is 38.4 Å². The highest BCUT2D eigenvalue weighted by atomic mass is 16.5. The Morgan fingerprint density at radius 3 is 1.64 bits per heavy atom. The maximum absolute atomic E-state index is 13.0. The van der Waals surface area contributed by atoms with Crippen molar-refractivity contribution in [3.05, 3.63) is 83.0 Å². The molecule has 0 saturated heterocycles. The first kappa shape index (κ1) is 23.9. The molecule has 1 atom stereocenters. The van der Waals surface area contributed by atoms with Crippen LogP contribution < -0.4 is 4.74 Å². The number of nitrogens with zero attached hydrogens (tertiary/aromatic N) is 3. The van der Waals surface area contributed by atoms with Crippen LogP contribution in [0, 0.1) is 5.92 Å². The van der Waals surface area contributed by atoms with Gasteiger partial charge in [0.05, 0.1) is 11.1 Å². The average Bonchev–Trinajstić information content (AvgIpc) is 3.56. The Labute approximate surface area is 218 Å². The fraction of sp³-hybridized carbons (Fsp3) is 0.111. The molecule has 4 aliphatic rings. The lowest BCUT2D eigenvalue weighted by atomic mass is 10.0. The van der Waals surface area contributed by atoms with Crippen molar-refractivity contribution in [2.24, 2.45) is 5.92 Å². The Balaban J connectivity index is 1.20. The summed E-state index contributed by atoms with van der Waals surface area (Å²) in [6.07, 6.45) is 4.24. The van der Waals surface area contributed by atoms with Crippen LogP contribution in [-0.2, 0) is 19.2 Å². The smallest absolute Gasteiger partial charge is 0.263 e. The molecule has 0 aromatic heterocycles. The molecule has 2 aromatic rings. The van der Waals surface area contributed by atoms with Crippen LogP contribution in [0.3, 0.4) is 0 Å². The van der Waals surface area contributed by atoms with Crippen LogP contribution in [0.4, 0.5) is 0 Å². The maximum atomic E-state index is 13.0. The van der Waals surface area contributed by atoms with E-state index in [1.54, 1.807) is 0 Å². The number of ketones is 2. The van der Waals surface area contributed by atoms with Gasteiger partial charge in [0.15, 0.2) is 11.6 Å². The van der Waals surface area contributed by atoms with Crippen molar-refractivity contribution in [1.29, 1.82) is 0 Å². The van der Waals surface area contributed by atoms with Gasteiger partial charge in [0.2, 0.25) is 0 Å². The summed E-state index contributed by atoms with van der Waals surface area (Å²) in [6.45, 7) is -0.893. The molecule has 0 spiro atoms. The van der Waals surface area contributed by atoms with Crippen molar-refractivity contribution in [2.45, 2.75) is 0 Å². The summed E-state index contributed by atoms with van der Waals surface area (Å²) < 4.78 is 5.80. The summed E-state index contributed by atoms with van der Waals surface area (Å²) in [7, 11) is 0. The number of benzene rings is 2.